The van der Waals surface area contributed by atoms with Gasteiger partial charge in [0, 0.05) is 25.2 Å². The zero-order chi connectivity index (χ0) is 12.0. The molecule has 1 N–H and O–H groups in total. The fourth-order valence-electron chi connectivity index (χ4n) is 3.33. The molecule has 3 aliphatic rings. The second-order valence-corrected chi connectivity index (χ2v) is 5.24. The van der Waals surface area contributed by atoms with Crippen molar-refractivity contribution in [2.75, 3.05) is 13.1 Å². The molecule has 4 heteroatoms. The monoisotopic (exact) mass is 232 g/mol. The molecular formula is C13H16N2O2. The van der Waals surface area contributed by atoms with E-state index in [-0.39, 0.29) is 10.6 Å². The van der Waals surface area contributed by atoms with Crippen LogP contribution in [0.25, 0.3) is 0 Å². The maximum Gasteiger partial charge on any atom is 0.269 e. The van der Waals surface area contributed by atoms with Crippen molar-refractivity contribution in [3.05, 3.63) is 39.4 Å². The summed E-state index contributed by atoms with van der Waals surface area (Å²) in [6, 6.07) is 5.39. The average molecular weight is 232 g/mol. The molecule has 1 fully saturated rings. The summed E-state index contributed by atoms with van der Waals surface area (Å²) < 4.78 is 0. The second kappa shape index (κ2) is 3.81. The molecule has 0 amide bonds. The van der Waals surface area contributed by atoms with E-state index in [9.17, 15) is 10.1 Å². The van der Waals surface area contributed by atoms with Crippen LogP contribution in [0.15, 0.2) is 18.2 Å². The Morgan fingerprint density at radius 3 is 2.94 bits per heavy atom. The van der Waals surface area contributed by atoms with Crippen molar-refractivity contribution in [2.24, 2.45) is 5.92 Å². The molecule has 1 saturated heterocycles. The van der Waals surface area contributed by atoms with E-state index in [0.717, 1.165) is 13.1 Å². The highest BCUT2D eigenvalue weighted by Gasteiger charge is 2.35. The number of rotatable bonds is 1. The van der Waals surface area contributed by atoms with E-state index in [4.69, 9.17) is 0 Å². The quantitative estimate of drug-likeness (QED) is 0.597. The van der Waals surface area contributed by atoms with Crippen molar-refractivity contribution in [3.8, 4) is 0 Å². The van der Waals surface area contributed by atoms with Crippen LogP contribution >= 0.6 is 0 Å². The Hall–Kier alpha value is -1.42. The molecule has 1 aromatic rings. The van der Waals surface area contributed by atoms with E-state index in [2.05, 4.69) is 12.2 Å². The third-order valence-electron chi connectivity index (χ3n) is 4.22. The molecule has 0 saturated carbocycles. The van der Waals surface area contributed by atoms with Crippen LogP contribution in [-0.2, 0) is 0 Å². The van der Waals surface area contributed by atoms with Crippen LogP contribution in [0.4, 0.5) is 5.69 Å². The standard InChI is InChI=1S/C13H16N2O2/c1-8-4-9-6-14-7-13(8)12-5-10(15(16)17)2-3-11(9)12/h2-3,5,8-9,13-14H,4,6-7H2,1H3. The fraction of sp³-hybridized carbons (Fsp3) is 0.538. The minimum absolute atomic E-state index is 0.225. The SMILES string of the molecule is CC1CC2CNCC1c1cc([N+](=O)[O-])ccc12. The lowest BCUT2D eigenvalue weighted by molar-refractivity contribution is -0.385. The van der Waals surface area contributed by atoms with Gasteiger partial charge in [0.05, 0.1) is 4.92 Å². The predicted octanol–water partition coefficient (Wildman–Crippen LogP) is 2.41. The summed E-state index contributed by atoms with van der Waals surface area (Å²) in [5.74, 6) is 1.58. The van der Waals surface area contributed by atoms with Crippen LogP contribution in [-0.4, -0.2) is 18.0 Å². The molecule has 1 aromatic carbocycles. The molecule has 2 aliphatic heterocycles. The van der Waals surface area contributed by atoms with Gasteiger partial charge in [0.2, 0.25) is 0 Å². The summed E-state index contributed by atoms with van der Waals surface area (Å²) in [5.41, 5.74) is 2.75. The van der Waals surface area contributed by atoms with E-state index >= 15 is 0 Å². The van der Waals surface area contributed by atoms with Gasteiger partial charge in [-0.1, -0.05) is 13.0 Å². The van der Waals surface area contributed by atoms with Crippen molar-refractivity contribution in [1.29, 1.82) is 0 Å². The molecule has 3 atom stereocenters. The van der Waals surface area contributed by atoms with Gasteiger partial charge in [-0.2, -0.15) is 0 Å². The summed E-state index contributed by atoms with van der Waals surface area (Å²) in [6.45, 7) is 4.21. The lowest BCUT2D eigenvalue weighted by Crippen LogP contribution is -2.22. The van der Waals surface area contributed by atoms with Gasteiger partial charge >= 0.3 is 0 Å². The van der Waals surface area contributed by atoms with E-state index in [1.165, 1.54) is 17.5 Å². The smallest absolute Gasteiger partial charge is 0.269 e. The molecule has 4 rings (SSSR count). The maximum atomic E-state index is 10.9. The Morgan fingerprint density at radius 2 is 2.18 bits per heavy atom. The first-order valence-corrected chi connectivity index (χ1v) is 6.15. The molecule has 17 heavy (non-hydrogen) atoms. The first-order valence-electron chi connectivity index (χ1n) is 6.15. The number of nitrogens with zero attached hydrogens (tertiary/aromatic N) is 1. The number of nitro benzene ring substituents is 1. The van der Waals surface area contributed by atoms with Crippen LogP contribution in [0.2, 0.25) is 0 Å². The first kappa shape index (κ1) is 10.7. The summed E-state index contributed by atoms with van der Waals surface area (Å²) in [6.07, 6.45) is 1.20. The van der Waals surface area contributed by atoms with Crippen LogP contribution in [0.3, 0.4) is 0 Å². The summed E-state index contributed by atoms with van der Waals surface area (Å²) in [7, 11) is 0. The first-order chi connectivity index (χ1) is 8.16. The highest BCUT2D eigenvalue weighted by molar-refractivity contribution is 5.46. The van der Waals surface area contributed by atoms with Crippen LogP contribution in [0.1, 0.15) is 36.3 Å². The Balaban J connectivity index is 2.13. The van der Waals surface area contributed by atoms with Crippen LogP contribution in [0, 0.1) is 16.0 Å². The van der Waals surface area contributed by atoms with E-state index in [1.54, 1.807) is 12.1 Å². The van der Waals surface area contributed by atoms with E-state index < -0.39 is 0 Å². The predicted molar refractivity (Wildman–Crippen MR) is 65.2 cm³/mol. The largest absolute Gasteiger partial charge is 0.316 e. The van der Waals surface area contributed by atoms with Gasteiger partial charge in [-0.15, -0.1) is 0 Å². The van der Waals surface area contributed by atoms with Crippen molar-refractivity contribution >= 4 is 5.69 Å². The minimum atomic E-state index is -0.295. The van der Waals surface area contributed by atoms with Gasteiger partial charge in [-0.3, -0.25) is 10.1 Å². The van der Waals surface area contributed by atoms with Crippen LogP contribution < -0.4 is 5.32 Å². The Bertz CT molecular complexity index is 472. The summed E-state index contributed by atoms with van der Waals surface area (Å²) in [5, 5.41) is 14.3. The number of hydrogen-bond acceptors (Lipinski definition) is 3. The summed E-state index contributed by atoms with van der Waals surface area (Å²) in [4.78, 5) is 10.6. The number of nitro groups is 1. The van der Waals surface area contributed by atoms with Crippen LogP contribution in [0.5, 0.6) is 0 Å². The Morgan fingerprint density at radius 1 is 1.35 bits per heavy atom. The molecule has 0 spiro atoms. The maximum absolute atomic E-state index is 10.9. The molecule has 2 heterocycles. The van der Waals surface area contributed by atoms with Gasteiger partial charge in [0.15, 0.2) is 0 Å². The van der Waals surface area contributed by atoms with Gasteiger partial charge in [-0.25, -0.2) is 0 Å². The third kappa shape index (κ3) is 1.63. The normalized spacial score (nSPS) is 30.8. The topological polar surface area (TPSA) is 55.2 Å². The number of non-ortho nitro benzene ring substituents is 1. The molecule has 0 radical (unpaired) electrons. The highest BCUT2D eigenvalue weighted by atomic mass is 16.6. The molecule has 90 valence electrons. The third-order valence-corrected chi connectivity index (χ3v) is 4.22. The average Bonchev–Trinajstić information content (AvgIpc) is 2.59. The zero-order valence-electron chi connectivity index (χ0n) is 9.85. The number of fused-ring (bicyclic) bond motifs is 3. The minimum Gasteiger partial charge on any atom is -0.316 e. The van der Waals surface area contributed by atoms with Crippen molar-refractivity contribution < 1.29 is 4.92 Å². The van der Waals surface area contributed by atoms with E-state index in [0.29, 0.717) is 17.8 Å². The molecule has 3 unspecified atom stereocenters. The van der Waals surface area contributed by atoms with E-state index in [1.807, 2.05) is 6.07 Å². The number of nitrogens with one attached hydrogen (secondary N) is 1. The second-order valence-electron chi connectivity index (χ2n) is 5.24. The molecule has 2 bridgehead atoms. The molecule has 0 aromatic heterocycles. The fourth-order valence-corrected chi connectivity index (χ4v) is 3.33. The van der Waals surface area contributed by atoms with Gasteiger partial charge < -0.3 is 5.32 Å². The Labute approximate surface area is 100 Å². The molecule has 4 nitrogen and oxygen atoms in total. The number of hydrogen-bond donors (Lipinski definition) is 1. The van der Waals surface area contributed by atoms with Gasteiger partial charge in [0.1, 0.15) is 0 Å². The zero-order valence-corrected chi connectivity index (χ0v) is 9.85. The van der Waals surface area contributed by atoms with Crippen molar-refractivity contribution in [1.82, 2.24) is 5.32 Å². The van der Waals surface area contributed by atoms with Crippen molar-refractivity contribution in [2.45, 2.75) is 25.2 Å². The lowest BCUT2D eigenvalue weighted by atomic mass is 9.72. The molecular weight excluding hydrogens is 216 g/mol. The molecule has 1 aliphatic carbocycles. The van der Waals surface area contributed by atoms with Crippen molar-refractivity contribution in [3.63, 3.8) is 0 Å². The van der Waals surface area contributed by atoms with Gasteiger partial charge in [-0.05, 0) is 35.3 Å². The lowest BCUT2D eigenvalue weighted by Gasteiger charge is -2.31. The highest BCUT2D eigenvalue weighted by Crippen LogP contribution is 2.44. The summed E-state index contributed by atoms with van der Waals surface area (Å²) >= 11 is 0. The Kier molecular flexibility index (Phi) is 2.40. The van der Waals surface area contributed by atoms with Gasteiger partial charge in [0.25, 0.3) is 5.69 Å². The number of benzene rings is 1.